The third kappa shape index (κ3) is 4.74. The Morgan fingerprint density at radius 2 is 1.78 bits per heavy atom. The lowest BCUT2D eigenvalue weighted by molar-refractivity contribution is -0.142. The predicted octanol–water partition coefficient (Wildman–Crippen LogP) is 4.48. The molecule has 0 saturated carbocycles. The number of hydrogen-bond acceptors (Lipinski definition) is 5. The van der Waals surface area contributed by atoms with Crippen LogP contribution in [0.3, 0.4) is 0 Å². The van der Waals surface area contributed by atoms with Crippen molar-refractivity contribution in [2.75, 3.05) is 11.9 Å². The van der Waals surface area contributed by atoms with Gasteiger partial charge in [-0.1, -0.05) is 30.3 Å². The number of thiophene rings is 1. The van der Waals surface area contributed by atoms with Gasteiger partial charge < -0.3 is 15.2 Å². The van der Waals surface area contributed by atoms with E-state index in [0.29, 0.717) is 17.2 Å². The Labute approximate surface area is 161 Å². The van der Waals surface area contributed by atoms with Crippen LogP contribution in [-0.2, 0) is 16.0 Å². The minimum atomic E-state index is -0.321. The number of anilines is 1. The summed E-state index contributed by atoms with van der Waals surface area (Å²) in [4.78, 5) is 26.0. The van der Waals surface area contributed by atoms with Gasteiger partial charge in [-0.3, -0.25) is 9.59 Å². The van der Waals surface area contributed by atoms with Crippen molar-refractivity contribution < 1.29 is 19.4 Å². The molecule has 5 nitrogen and oxygen atoms in total. The molecule has 0 atom stereocenters. The van der Waals surface area contributed by atoms with Gasteiger partial charge in [0.2, 0.25) is 0 Å². The molecule has 0 saturated heterocycles. The lowest BCUT2D eigenvalue weighted by Gasteiger charge is -2.04. The first kappa shape index (κ1) is 18.7. The lowest BCUT2D eigenvalue weighted by Crippen LogP contribution is -2.10. The highest BCUT2D eigenvalue weighted by atomic mass is 32.1. The topological polar surface area (TPSA) is 75.6 Å². The molecule has 3 aromatic rings. The Bertz CT molecular complexity index is 933. The number of amides is 1. The van der Waals surface area contributed by atoms with E-state index >= 15 is 0 Å². The molecule has 0 radical (unpaired) electrons. The highest BCUT2D eigenvalue weighted by Gasteiger charge is 2.18. The summed E-state index contributed by atoms with van der Waals surface area (Å²) in [5.74, 6) is -0.455. The number of esters is 1. The van der Waals surface area contributed by atoms with Crippen LogP contribution >= 0.6 is 11.3 Å². The van der Waals surface area contributed by atoms with Crippen molar-refractivity contribution in [2.24, 2.45) is 0 Å². The fourth-order valence-corrected chi connectivity index (χ4v) is 3.69. The van der Waals surface area contributed by atoms with Gasteiger partial charge in [-0.25, -0.2) is 0 Å². The van der Waals surface area contributed by atoms with Crippen molar-refractivity contribution in [1.82, 2.24) is 0 Å². The second-order valence-corrected chi connectivity index (χ2v) is 6.87. The van der Waals surface area contributed by atoms with Gasteiger partial charge in [-0.05, 0) is 48.4 Å². The number of aromatic hydroxyl groups is 1. The normalized spacial score (nSPS) is 10.4. The second-order valence-electron chi connectivity index (χ2n) is 5.81. The molecule has 3 rings (SSSR count). The SMILES string of the molecule is CCOC(=O)Cc1cc(C(=O)Nc2ccc(O)cc2)sc1-c1ccccc1. The standard InChI is InChI=1S/C21H19NO4S/c1-2-26-19(24)13-15-12-18(27-20(15)14-6-4-3-5-7-14)21(25)22-16-8-10-17(23)11-9-16/h3-12,23H,2,13H2,1H3,(H,22,25). The van der Waals surface area contributed by atoms with Crippen LogP contribution in [0.4, 0.5) is 5.69 Å². The van der Waals surface area contributed by atoms with E-state index in [0.717, 1.165) is 16.0 Å². The van der Waals surface area contributed by atoms with Gasteiger partial charge in [0, 0.05) is 10.6 Å². The lowest BCUT2D eigenvalue weighted by atomic mass is 10.1. The Morgan fingerprint density at radius 1 is 1.07 bits per heavy atom. The van der Waals surface area contributed by atoms with Crippen LogP contribution in [0.1, 0.15) is 22.2 Å². The van der Waals surface area contributed by atoms with E-state index in [4.69, 9.17) is 4.74 Å². The smallest absolute Gasteiger partial charge is 0.310 e. The molecule has 2 aromatic carbocycles. The van der Waals surface area contributed by atoms with Crippen molar-refractivity contribution in [3.8, 4) is 16.2 Å². The van der Waals surface area contributed by atoms with Crippen LogP contribution in [-0.4, -0.2) is 23.6 Å². The maximum absolute atomic E-state index is 12.6. The van der Waals surface area contributed by atoms with Gasteiger partial charge in [-0.15, -0.1) is 11.3 Å². The zero-order valence-electron chi connectivity index (χ0n) is 14.8. The van der Waals surface area contributed by atoms with Crippen LogP contribution in [0.2, 0.25) is 0 Å². The fourth-order valence-electron chi connectivity index (χ4n) is 2.61. The van der Waals surface area contributed by atoms with Gasteiger partial charge in [0.15, 0.2) is 0 Å². The Kier molecular flexibility index (Phi) is 5.88. The molecular formula is C21H19NO4S. The largest absolute Gasteiger partial charge is 0.508 e. The van der Waals surface area contributed by atoms with Crippen LogP contribution in [0.5, 0.6) is 5.75 Å². The highest BCUT2D eigenvalue weighted by molar-refractivity contribution is 7.17. The number of phenols is 1. The number of phenolic OH excluding ortho intramolecular Hbond substituents is 1. The van der Waals surface area contributed by atoms with Gasteiger partial charge >= 0.3 is 5.97 Å². The molecule has 1 amide bonds. The fraction of sp³-hybridized carbons (Fsp3) is 0.143. The maximum Gasteiger partial charge on any atom is 0.310 e. The molecule has 1 aromatic heterocycles. The van der Waals surface area contributed by atoms with Crippen LogP contribution in [0.25, 0.3) is 10.4 Å². The summed E-state index contributed by atoms with van der Waals surface area (Å²) in [6.07, 6.45) is 0.112. The first-order valence-electron chi connectivity index (χ1n) is 8.51. The average molecular weight is 381 g/mol. The van der Waals surface area contributed by atoms with Crippen molar-refractivity contribution >= 4 is 28.9 Å². The molecule has 0 fully saturated rings. The first-order valence-corrected chi connectivity index (χ1v) is 9.32. The maximum atomic E-state index is 12.6. The van der Waals surface area contributed by atoms with E-state index in [1.807, 2.05) is 30.3 Å². The van der Waals surface area contributed by atoms with E-state index < -0.39 is 0 Å². The van der Waals surface area contributed by atoms with Crippen molar-refractivity contribution in [2.45, 2.75) is 13.3 Å². The molecule has 6 heteroatoms. The highest BCUT2D eigenvalue weighted by Crippen LogP contribution is 2.34. The molecule has 1 heterocycles. The Morgan fingerprint density at radius 3 is 2.44 bits per heavy atom. The first-order chi connectivity index (χ1) is 13.1. The van der Waals surface area contributed by atoms with Gasteiger partial charge in [0.1, 0.15) is 5.75 Å². The molecule has 27 heavy (non-hydrogen) atoms. The molecule has 0 aliphatic carbocycles. The Balaban J connectivity index is 1.89. The monoisotopic (exact) mass is 381 g/mol. The number of ether oxygens (including phenoxy) is 1. The third-order valence-electron chi connectivity index (χ3n) is 3.83. The number of carbonyl (C=O) groups excluding carboxylic acids is 2. The number of nitrogens with one attached hydrogen (secondary N) is 1. The summed E-state index contributed by atoms with van der Waals surface area (Å²) in [6.45, 7) is 2.08. The molecule has 2 N–H and O–H groups in total. The molecule has 0 unspecified atom stereocenters. The van der Waals surface area contributed by atoms with Crippen molar-refractivity contribution in [3.63, 3.8) is 0 Å². The van der Waals surface area contributed by atoms with E-state index in [9.17, 15) is 14.7 Å². The van der Waals surface area contributed by atoms with E-state index in [-0.39, 0.29) is 24.0 Å². The zero-order valence-corrected chi connectivity index (χ0v) is 15.6. The number of rotatable bonds is 6. The average Bonchev–Trinajstić information content (AvgIpc) is 3.08. The molecule has 0 spiro atoms. The van der Waals surface area contributed by atoms with Crippen molar-refractivity contribution in [1.29, 1.82) is 0 Å². The van der Waals surface area contributed by atoms with Crippen LogP contribution < -0.4 is 5.32 Å². The van der Waals surface area contributed by atoms with Gasteiger partial charge in [0.05, 0.1) is 17.9 Å². The van der Waals surface area contributed by atoms with E-state index in [1.54, 1.807) is 25.1 Å². The molecule has 0 aliphatic heterocycles. The summed E-state index contributed by atoms with van der Waals surface area (Å²) < 4.78 is 5.05. The minimum absolute atomic E-state index is 0.112. The van der Waals surface area contributed by atoms with E-state index in [2.05, 4.69) is 5.32 Å². The molecule has 0 bridgehead atoms. The summed E-state index contributed by atoms with van der Waals surface area (Å²) in [7, 11) is 0. The number of carbonyl (C=O) groups is 2. The quantitative estimate of drug-likeness (QED) is 0.488. The third-order valence-corrected chi connectivity index (χ3v) is 5.06. The minimum Gasteiger partial charge on any atom is -0.508 e. The second kappa shape index (κ2) is 8.51. The summed E-state index contributed by atoms with van der Waals surface area (Å²) in [6, 6.07) is 17.6. The molecule has 0 aliphatic rings. The summed E-state index contributed by atoms with van der Waals surface area (Å²) in [5.41, 5.74) is 2.30. The number of benzene rings is 2. The Hall–Kier alpha value is -3.12. The van der Waals surface area contributed by atoms with Crippen LogP contribution in [0, 0.1) is 0 Å². The van der Waals surface area contributed by atoms with Crippen molar-refractivity contribution in [3.05, 3.63) is 71.1 Å². The number of hydrogen-bond donors (Lipinski definition) is 2. The molecular weight excluding hydrogens is 362 g/mol. The molecule has 138 valence electrons. The van der Waals surface area contributed by atoms with Gasteiger partial charge in [-0.2, -0.15) is 0 Å². The predicted molar refractivity (Wildman–Crippen MR) is 106 cm³/mol. The van der Waals surface area contributed by atoms with Crippen LogP contribution in [0.15, 0.2) is 60.7 Å². The summed E-state index contributed by atoms with van der Waals surface area (Å²) >= 11 is 1.33. The summed E-state index contributed by atoms with van der Waals surface area (Å²) in [5, 5.41) is 12.1. The zero-order chi connectivity index (χ0) is 19.2. The van der Waals surface area contributed by atoms with E-state index in [1.165, 1.54) is 23.5 Å². The van der Waals surface area contributed by atoms with Gasteiger partial charge in [0.25, 0.3) is 5.91 Å².